The standard InChI is InChI=1S/C22H35N5OS.HI/c1-22(2,3)19-16-29-20(26-19)10-11-24-21(23-4)25-15-17(18-9-8-14-28-18)27-12-6-5-7-13-27;/h8-9,14,16-17H,5-7,10-13,15H2,1-4H3,(H2,23,24,25);1H. The van der Waals surface area contributed by atoms with E-state index in [0.29, 0.717) is 0 Å². The van der Waals surface area contributed by atoms with Gasteiger partial charge in [-0.2, -0.15) is 0 Å². The number of thiazole rings is 1. The first-order valence-electron chi connectivity index (χ1n) is 10.6. The minimum Gasteiger partial charge on any atom is -0.468 e. The molecule has 1 unspecified atom stereocenters. The van der Waals surface area contributed by atoms with Crippen LogP contribution < -0.4 is 10.6 Å². The van der Waals surface area contributed by atoms with Crippen LogP contribution in [-0.4, -0.2) is 49.1 Å². The molecule has 0 aromatic carbocycles. The number of nitrogens with one attached hydrogen (secondary N) is 2. The first-order valence-corrected chi connectivity index (χ1v) is 11.5. The van der Waals surface area contributed by atoms with Crippen molar-refractivity contribution in [3.8, 4) is 0 Å². The second-order valence-corrected chi connectivity index (χ2v) is 9.58. The number of halogens is 1. The van der Waals surface area contributed by atoms with Gasteiger partial charge in [0.25, 0.3) is 0 Å². The monoisotopic (exact) mass is 545 g/mol. The third kappa shape index (κ3) is 7.23. The number of furan rings is 1. The SMILES string of the molecule is CN=C(NCCc1nc(C(C)(C)C)cs1)NCC(c1ccco1)N1CCCCC1.I. The van der Waals surface area contributed by atoms with Crippen LogP contribution >= 0.6 is 35.3 Å². The summed E-state index contributed by atoms with van der Waals surface area (Å²) in [6.07, 6.45) is 6.50. The molecule has 0 spiro atoms. The molecule has 1 atom stereocenters. The molecule has 0 saturated carbocycles. The van der Waals surface area contributed by atoms with Gasteiger partial charge >= 0.3 is 0 Å². The third-order valence-electron chi connectivity index (χ3n) is 5.34. The fourth-order valence-electron chi connectivity index (χ4n) is 3.59. The van der Waals surface area contributed by atoms with Crippen LogP contribution in [0.25, 0.3) is 0 Å². The molecule has 0 aliphatic carbocycles. The summed E-state index contributed by atoms with van der Waals surface area (Å²) in [7, 11) is 1.82. The van der Waals surface area contributed by atoms with Crippen molar-refractivity contribution in [2.24, 2.45) is 4.99 Å². The Morgan fingerprint density at radius 3 is 2.63 bits per heavy atom. The molecule has 1 aliphatic rings. The fourth-order valence-corrected chi connectivity index (χ4v) is 4.62. The van der Waals surface area contributed by atoms with E-state index < -0.39 is 0 Å². The van der Waals surface area contributed by atoms with Gasteiger partial charge in [-0.1, -0.05) is 27.2 Å². The molecule has 1 fully saturated rings. The van der Waals surface area contributed by atoms with E-state index in [1.54, 1.807) is 17.6 Å². The Morgan fingerprint density at radius 2 is 2.03 bits per heavy atom. The number of likely N-dealkylation sites (tertiary alicyclic amines) is 1. The second-order valence-electron chi connectivity index (χ2n) is 8.63. The highest BCUT2D eigenvalue weighted by Crippen LogP contribution is 2.25. The number of aromatic nitrogens is 1. The van der Waals surface area contributed by atoms with Crippen molar-refractivity contribution < 1.29 is 4.42 Å². The number of nitrogens with zero attached hydrogens (tertiary/aromatic N) is 3. The lowest BCUT2D eigenvalue weighted by molar-refractivity contribution is 0.146. The van der Waals surface area contributed by atoms with E-state index in [4.69, 9.17) is 9.40 Å². The molecule has 1 aliphatic heterocycles. The number of guanidine groups is 1. The van der Waals surface area contributed by atoms with E-state index >= 15 is 0 Å². The Morgan fingerprint density at radius 1 is 1.27 bits per heavy atom. The Hall–Kier alpha value is -1.13. The van der Waals surface area contributed by atoms with E-state index in [1.165, 1.54) is 30.0 Å². The van der Waals surface area contributed by atoms with E-state index in [9.17, 15) is 0 Å². The Labute approximate surface area is 202 Å². The molecule has 8 heteroatoms. The minimum absolute atomic E-state index is 0. The van der Waals surface area contributed by atoms with Crippen molar-refractivity contribution >= 4 is 41.3 Å². The zero-order chi connectivity index (χ0) is 20.7. The maximum atomic E-state index is 5.73. The van der Waals surface area contributed by atoms with Crippen molar-refractivity contribution in [1.82, 2.24) is 20.5 Å². The predicted molar refractivity (Wildman–Crippen MR) is 136 cm³/mol. The molecule has 0 bridgehead atoms. The molecule has 0 radical (unpaired) electrons. The molecule has 0 amide bonds. The maximum absolute atomic E-state index is 5.73. The van der Waals surface area contributed by atoms with Crippen LogP contribution in [0.4, 0.5) is 0 Å². The zero-order valence-corrected chi connectivity index (χ0v) is 21.8. The van der Waals surface area contributed by atoms with Gasteiger partial charge in [-0.05, 0) is 38.1 Å². The van der Waals surface area contributed by atoms with Crippen molar-refractivity contribution in [2.75, 3.05) is 33.2 Å². The van der Waals surface area contributed by atoms with Crippen molar-refractivity contribution in [2.45, 2.75) is 57.9 Å². The Bertz CT molecular complexity index is 763. The van der Waals surface area contributed by atoms with Gasteiger partial charge in [0.2, 0.25) is 0 Å². The second kappa shape index (κ2) is 12.0. The van der Waals surface area contributed by atoms with Crippen LogP contribution in [0.3, 0.4) is 0 Å². The van der Waals surface area contributed by atoms with E-state index in [0.717, 1.165) is 44.3 Å². The average molecular weight is 546 g/mol. The Balaban J connectivity index is 0.00000320. The summed E-state index contributed by atoms with van der Waals surface area (Å²) in [6.45, 7) is 10.4. The van der Waals surface area contributed by atoms with Gasteiger partial charge in [-0.15, -0.1) is 35.3 Å². The van der Waals surface area contributed by atoms with Gasteiger partial charge < -0.3 is 15.1 Å². The highest BCUT2D eigenvalue weighted by Gasteiger charge is 2.24. The van der Waals surface area contributed by atoms with Crippen molar-refractivity contribution in [3.05, 3.63) is 40.2 Å². The van der Waals surface area contributed by atoms with Crippen LogP contribution in [0.5, 0.6) is 0 Å². The van der Waals surface area contributed by atoms with Gasteiger partial charge in [-0.3, -0.25) is 9.89 Å². The summed E-state index contributed by atoms with van der Waals surface area (Å²) in [4.78, 5) is 11.7. The van der Waals surface area contributed by atoms with E-state index in [-0.39, 0.29) is 35.4 Å². The molecule has 6 nitrogen and oxygen atoms in total. The molecule has 2 aromatic heterocycles. The summed E-state index contributed by atoms with van der Waals surface area (Å²) >= 11 is 1.74. The topological polar surface area (TPSA) is 65.7 Å². The molecule has 3 heterocycles. The van der Waals surface area contributed by atoms with E-state index in [1.807, 2.05) is 13.1 Å². The normalized spacial score (nSPS) is 16.7. The van der Waals surface area contributed by atoms with Gasteiger partial charge in [0.1, 0.15) is 5.76 Å². The maximum Gasteiger partial charge on any atom is 0.191 e. The Kier molecular flexibility index (Phi) is 10.1. The molecule has 2 aromatic rings. The fraction of sp³-hybridized carbons (Fsp3) is 0.636. The largest absolute Gasteiger partial charge is 0.468 e. The van der Waals surface area contributed by atoms with Crippen LogP contribution in [0.15, 0.2) is 33.2 Å². The highest BCUT2D eigenvalue weighted by molar-refractivity contribution is 14.0. The van der Waals surface area contributed by atoms with Crippen molar-refractivity contribution in [3.63, 3.8) is 0 Å². The summed E-state index contributed by atoms with van der Waals surface area (Å²) < 4.78 is 5.73. The molecule has 168 valence electrons. The highest BCUT2D eigenvalue weighted by atomic mass is 127. The van der Waals surface area contributed by atoms with Gasteiger partial charge in [0, 0.05) is 37.4 Å². The summed E-state index contributed by atoms with van der Waals surface area (Å²) in [5.74, 6) is 1.85. The molecular weight excluding hydrogens is 509 g/mol. The smallest absolute Gasteiger partial charge is 0.191 e. The number of aliphatic imine (C=N–C) groups is 1. The van der Waals surface area contributed by atoms with Crippen LogP contribution in [-0.2, 0) is 11.8 Å². The number of hydrogen-bond acceptors (Lipinski definition) is 5. The number of rotatable bonds is 7. The first-order chi connectivity index (χ1) is 14.0. The molecular formula is C22H36IN5OS. The van der Waals surface area contributed by atoms with E-state index in [2.05, 4.69) is 52.7 Å². The molecule has 2 N–H and O–H groups in total. The zero-order valence-electron chi connectivity index (χ0n) is 18.6. The van der Waals surface area contributed by atoms with Gasteiger partial charge in [-0.25, -0.2) is 4.98 Å². The lowest BCUT2D eigenvalue weighted by atomic mass is 9.93. The first kappa shape index (κ1) is 25.1. The lowest BCUT2D eigenvalue weighted by Crippen LogP contribution is -2.44. The average Bonchev–Trinajstić information content (AvgIpc) is 3.39. The third-order valence-corrected chi connectivity index (χ3v) is 6.25. The van der Waals surface area contributed by atoms with Crippen LogP contribution in [0.2, 0.25) is 0 Å². The number of hydrogen-bond donors (Lipinski definition) is 2. The van der Waals surface area contributed by atoms with Gasteiger partial charge in [0.15, 0.2) is 5.96 Å². The number of piperidine rings is 1. The lowest BCUT2D eigenvalue weighted by Gasteiger charge is -2.33. The molecule has 3 rings (SSSR count). The summed E-state index contributed by atoms with van der Waals surface area (Å²) in [5, 5.41) is 10.3. The molecule has 1 saturated heterocycles. The van der Waals surface area contributed by atoms with Crippen molar-refractivity contribution in [1.29, 1.82) is 0 Å². The summed E-state index contributed by atoms with van der Waals surface area (Å²) in [6, 6.07) is 4.28. The quantitative estimate of drug-likeness (QED) is 0.303. The predicted octanol–water partition coefficient (Wildman–Crippen LogP) is 4.59. The van der Waals surface area contributed by atoms with Crippen LogP contribution in [0.1, 0.15) is 62.5 Å². The van der Waals surface area contributed by atoms with Crippen LogP contribution in [0, 0.1) is 0 Å². The van der Waals surface area contributed by atoms with Gasteiger partial charge in [0.05, 0.1) is 23.0 Å². The minimum atomic E-state index is 0. The molecule has 30 heavy (non-hydrogen) atoms. The summed E-state index contributed by atoms with van der Waals surface area (Å²) in [5.41, 5.74) is 1.28.